The zero-order chi connectivity index (χ0) is 17.3. The van der Waals surface area contributed by atoms with Gasteiger partial charge in [0.05, 0.1) is 5.39 Å². The molecule has 3 rings (SSSR count). The van der Waals surface area contributed by atoms with Crippen LogP contribution in [0.1, 0.15) is 16.1 Å². The molecule has 1 heterocycles. The van der Waals surface area contributed by atoms with E-state index < -0.39 is 35.5 Å². The predicted molar refractivity (Wildman–Crippen MR) is 80.0 cm³/mol. The van der Waals surface area contributed by atoms with Gasteiger partial charge in [-0.1, -0.05) is 12.1 Å². The number of rotatable bonds is 3. The lowest BCUT2D eigenvalue weighted by atomic mass is 10.1. The molecule has 0 spiro atoms. The summed E-state index contributed by atoms with van der Waals surface area (Å²) in [5.41, 5.74) is -1.19. The Labute approximate surface area is 133 Å². The second-order valence-electron chi connectivity index (χ2n) is 5.01. The van der Waals surface area contributed by atoms with Gasteiger partial charge in [-0.3, -0.25) is 4.79 Å². The minimum Gasteiger partial charge on any atom is -0.417 e. The smallest absolute Gasteiger partial charge is 0.344 e. The second kappa shape index (κ2) is 6.19. The summed E-state index contributed by atoms with van der Waals surface area (Å²) in [4.78, 5) is 23.8. The van der Waals surface area contributed by atoms with Crippen LogP contribution >= 0.6 is 0 Å². The molecule has 4 nitrogen and oxygen atoms in total. The Balaban J connectivity index is 1.87. The highest BCUT2D eigenvalue weighted by Crippen LogP contribution is 2.15. The van der Waals surface area contributed by atoms with Crippen LogP contribution in [0.3, 0.4) is 0 Å². The van der Waals surface area contributed by atoms with Crippen molar-refractivity contribution < 1.29 is 22.4 Å². The summed E-state index contributed by atoms with van der Waals surface area (Å²) in [5, 5.41) is 2.58. The van der Waals surface area contributed by atoms with Crippen molar-refractivity contribution in [3.8, 4) is 0 Å². The Hall–Kier alpha value is -3.09. The van der Waals surface area contributed by atoms with Crippen molar-refractivity contribution in [1.29, 1.82) is 0 Å². The van der Waals surface area contributed by atoms with Crippen molar-refractivity contribution in [2.45, 2.75) is 6.54 Å². The Morgan fingerprint density at radius 3 is 2.46 bits per heavy atom. The highest BCUT2D eigenvalue weighted by atomic mass is 19.1. The molecule has 0 atom stereocenters. The van der Waals surface area contributed by atoms with Crippen LogP contribution in [0.2, 0.25) is 0 Å². The van der Waals surface area contributed by atoms with E-state index in [-0.39, 0.29) is 16.7 Å². The summed E-state index contributed by atoms with van der Waals surface area (Å²) in [7, 11) is 0. The molecule has 0 aliphatic rings. The fraction of sp³-hybridized carbons (Fsp3) is 0.0588. The van der Waals surface area contributed by atoms with Gasteiger partial charge < -0.3 is 9.73 Å². The van der Waals surface area contributed by atoms with Crippen molar-refractivity contribution in [2.75, 3.05) is 0 Å². The molecule has 0 aliphatic carbocycles. The number of amides is 1. The highest BCUT2D eigenvalue weighted by Gasteiger charge is 2.15. The number of benzene rings is 2. The van der Waals surface area contributed by atoms with Crippen LogP contribution in [0.15, 0.2) is 51.7 Å². The molecular formula is C17H10F3NO3. The third kappa shape index (κ3) is 3.01. The Bertz CT molecular complexity index is 978. The molecule has 0 saturated carbocycles. The van der Waals surface area contributed by atoms with E-state index in [1.807, 2.05) is 0 Å². The summed E-state index contributed by atoms with van der Waals surface area (Å²) in [6.07, 6.45) is 0. The van der Waals surface area contributed by atoms with Crippen LogP contribution in [-0.4, -0.2) is 5.91 Å². The predicted octanol–water partition coefficient (Wildman–Crippen LogP) is 3.14. The van der Waals surface area contributed by atoms with E-state index in [1.165, 1.54) is 18.2 Å². The number of carbonyl (C=O) groups excluding carboxylic acids is 1. The molecule has 7 heteroatoms. The van der Waals surface area contributed by atoms with Gasteiger partial charge in [-0.25, -0.2) is 18.0 Å². The van der Waals surface area contributed by atoms with E-state index in [0.29, 0.717) is 5.39 Å². The molecule has 1 amide bonds. The van der Waals surface area contributed by atoms with Gasteiger partial charge in [-0.05, 0) is 35.7 Å². The average Bonchev–Trinajstić information content (AvgIpc) is 2.54. The zero-order valence-corrected chi connectivity index (χ0v) is 12.1. The lowest BCUT2D eigenvalue weighted by molar-refractivity contribution is 0.0918. The molecule has 0 aliphatic heterocycles. The van der Waals surface area contributed by atoms with Gasteiger partial charge >= 0.3 is 5.63 Å². The summed E-state index contributed by atoms with van der Waals surface area (Å²) < 4.78 is 45.0. The van der Waals surface area contributed by atoms with Gasteiger partial charge in [0.1, 0.15) is 17.5 Å². The van der Waals surface area contributed by atoms with Crippen LogP contribution < -0.4 is 10.9 Å². The minimum atomic E-state index is -0.880. The van der Waals surface area contributed by atoms with Crippen molar-refractivity contribution in [2.24, 2.45) is 0 Å². The lowest BCUT2D eigenvalue weighted by Crippen LogP contribution is -2.25. The third-order valence-electron chi connectivity index (χ3n) is 3.44. The van der Waals surface area contributed by atoms with Crippen molar-refractivity contribution >= 4 is 16.7 Å². The van der Waals surface area contributed by atoms with Crippen LogP contribution in [0, 0.1) is 17.5 Å². The van der Waals surface area contributed by atoms with Gasteiger partial charge in [0, 0.05) is 12.1 Å². The average molecular weight is 333 g/mol. The highest BCUT2D eigenvalue weighted by molar-refractivity contribution is 5.95. The molecule has 0 bridgehead atoms. The molecule has 0 saturated heterocycles. The van der Waals surface area contributed by atoms with Crippen LogP contribution in [0.5, 0.6) is 0 Å². The van der Waals surface area contributed by atoms with Gasteiger partial charge in [0.15, 0.2) is 5.76 Å². The normalized spacial score (nSPS) is 10.8. The lowest BCUT2D eigenvalue weighted by Gasteiger charge is -2.07. The number of nitrogens with one attached hydrogen (secondary N) is 1. The van der Waals surface area contributed by atoms with Crippen LogP contribution in [0.25, 0.3) is 10.8 Å². The first-order valence-electron chi connectivity index (χ1n) is 6.90. The third-order valence-corrected chi connectivity index (χ3v) is 3.44. The largest absolute Gasteiger partial charge is 0.417 e. The summed E-state index contributed by atoms with van der Waals surface area (Å²) >= 11 is 0. The van der Waals surface area contributed by atoms with E-state index >= 15 is 0 Å². The van der Waals surface area contributed by atoms with E-state index in [2.05, 4.69) is 5.32 Å². The molecule has 0 fully saturated rings. The van der Waals surface area contributed by atoms with Crippen molar-refractivity contribution in [3.05, 3.63) is 81.7 Å². The molecule has 2 aromatic carbocycles. The van der Waals surface area contributed by atoms with Crippen molar-refractivity contribution in [3.63, 3.8) is 0 Å². The summed E-state index contributed by atoms with van der Waals surface area (Å²) in [6.45, 7) is -0.414. The second-order valence-corrected chi connectivity index (χ2v) is 5.01. The number of halogens is 3. The van der Waals surface area contributed by atoms with E-state index in [0.717, 1.165) is 24.3 Å². The van der Waals surface area contributed by atoms with E-state index in [4.69, 9.17) is 4.42 Å². The van der Waals surface area contributed by atoms with E-state index in [9.17, 15) is 22.8 Å². The van der Waals surface area contributed by atoms with Gasteiger partial charge in [-0.2, -0.15) is 0 Å². The molecule has 0 radical (unpaired) electrons. The first kappa shape index (κ1) is 15.8. The van der Waals surface area contributed by atoms with Gasteiger partial charge in [0.25, 0.3) is 5.91 Å². The number of hydrogen-bond acceptors (Lipinski definition) is 3. The minimum absolute atomic E-state index is 0.00769. The Morgan fingerprint density at radius 1 is 1.04 bits per heavy atom. The molecule has 3 aromatic rings. The summed E-state index contributed by atoms with van der Waals surface area (Å²) in [6, 6.07) is 8.05. The number of carbonyl (C=O) groups is 1. The summed E-state index contributed by atoms with van der Waals surface area (Å²) in [5.74, 6) is -3.37. The molecule has 122 valence electrons. The standard InChI is InChI=1S/C17H10F3NO3/c18-10-5-4-9-6-15(24-17(23)11(9)7-10)16(22)21-8-12-13(19)2-1-3-14(12)20/h1-7H,8H2,(H,21,22). The molecular weight excluding hydrogens is 323 g/mol. The maximum atomic E-state index is 13.5. The molecule has 24 heavy (non-hydrogen) atoms. The molecule has 1 N–H and O–H groups in total. The first-order valence-corrected chi connectivity index (χ1v) is 6.90. The number of fused-ring (bicyclic) bond motifs is 1. The fourth-order valence-corrected chi connectivity index (χ4v) is 2.23. The molecule has 0 unspecified atom stereocenters. The maximum Gasteiger partial charge on any atom is 0.344 e. The quantitative estimate of drug-likeness (QED) is 0.801. The Kier molecular flexibility index (Phi) is 4.07. The monoisotopic (exact) mass is 333 g/mol. The molecule has 1 aromatic heterocycles. The van der Waals surface area contributed by atoms with E-state index in [1.54, 1.807) is 0 Å². The fourth-order valence-electron chi connectivity index (χ4n) is 2.23. The zero-order valence-electron chi connectivity index (χ0n) is 12.1. The number of hydrogen-bond donors (Lipinski definition) is 1. The van der Waals surface area contributed by atoms with Crippen molar-refractivity contribution in [1.82, 2.24) is 5.32 Å². The topological polar surface area (TPSA) is 59.3 Å². The SMILES string of the molecule is O=C(NCc1c(F)cccc1F)c1cc2ccc(F)cc2c(=O)o1. The van der Waals surface area contributed by atoms with Crippen LogP contribution in [-0.2, 0) is 6.54 Å². The van der Waals surface area contributed by atoms with Gasteiger partial charge in [0.2, 0.25) is 0 Å². The first-order chi connectivity index (χ1) is 11.5. The Morgan fingerprint density at radius 2 is 1.75 bits per heavy atom. The van der Waals surface area contributed by atoms with Crippen LogP contribution in [0.4, 0.5) is 13.2 Å². The van der Waals surface area contributed by atoms with Gasteiger partial charge in [-0.15, -0.1) is 0 Å². The maximum absolute atomic E-state index is 13.5.